The summed E-state index contributed by atoms with van der Waals surface area (Å²) in [7, 11) is -0.950. The Morgan fingerprint density at radius 3 is 2.56 bits per heavy atom. The van der Waals surface area contributed by atoms with Gasteiger partial charge in [0.05, 0.1) is 11.4 Å². The summed E-state index contributed by atoms with van der Waals surface area (Å²) >= 11 is 0. The summed E-state index contributed by atoms with van der Waals surface area (Å²) in [6.07, 6.45) is 4.47. The lowest BCUT2D eigenvalue weighted by Crippen LogP contribution is -2.42. The topological polar surface area (TPSA) is 57.6 Å². The van der Waals surface area contributed by atoms with Crippen molar-refractivity contribution in [2.45, 2.75) is 50.0 Å². The Bertz CT molecular complexity index is 313. The zero-order valence-electron chi connectivity index (χ0n) is 10.4. The number of hydrogen-bond acceptors (Lipinski definition) is 4. The Balaban J connectivity index is 2.57. The van der Waals surface area contributed by atoms with E-state index in [1.54, 1.807) is 6.92 Å². The van der Waals surface area contributed by atoms with Gasteiger partial charge in [-0.25, -0.2) is 8.42 Å². The molecule has 96 valence electrons. The highest BCUT2D eigenvalue weighted by molar-refractivity contribution is 7.91. The molecule has 0 radical (unpaired) electrons. The average molecular weight is 249 g/mol. The Labute approximate surface area is 98.6 Å². The van der Waals surface area contributed by atoms with Crippen molar-refractivity contribution < 1.29 is 13.5 Å². The molecule has 0 spiro atoms. The van der Waals surface area contributed by atoms with Crippen LogP contribution in [0, 0.1) is 0 Å². The number of nitrogens with zero attached hydrogens (tertiary/aromatic N) is 1. The maximum absolute atomic E-state index is 11.5. The molecule has 4 nitrogen and oxygen atoms in total. The second-order valence-corrected chi connectivity index (χ2v) is 7.39. The van der Waals surface area contributed by atoms with Crippen molar-refractivity contribution in [2.75, 3.05) is 19.8 Å². The zero-order chi connectivity index (χ0) is 12.3. The SMILES string of the molecule is CC(O)CN(C)C1CCCC(S(C)(=O)=O)C1. The van der Waals surface area contributed by atoms with Gasteiger partial charge in [0, 0.05) is 18.8 Å². The molecule has 0 aromatic carbocycles. The third kappa shape index (κ3) is 4.03. The molecular formula is C11H23NO3S. The van der Waals surface area contributed by atoms with Crippen LogP contribution in [0.15, 0.2) is 0 Å². The van der Waals surface area contributed by atoms with Gasteiger partial charge in [-0.15, -0.1) is 0 Å². The quantitative estimate of drug-likeness (QED) is 0.795. The van der Waals surface area contributed by atoms with E-state index in [1.807, 2.05) is 7.05 Å². The second-order valence-electron chi connectivity index (χ2n) is 5.06. The van der Waals surface area contributed by atoms with Crippen molar-refractivity contribution in [1.82, 2.24) is 4.90 Å². The molecule has 0 saturated heterocycles. The molecule has 0 aromatic heterocycles. The van der Waals surface area contributed by atoms with Crippen molar-refractivity contribution in [3.8, 4) is 0 Å². The lowest BCUT2D eigenvalue weighted by Gasteiger charge is -2.35. The Kier molecular flexibility index (Phi) is 4.76. The van der Waals surface area contributed by atoms with E-state index in [2.05, 4.69) is 4.90 Å². The summed E-state index contributed by atoms with van der Waals surface area (Å²) in [6.45, 7) is 2.37. The van der Waals surface area contributed by atoms with Gasteiger partial charge in [0.1, 0.15) is 9.84 Å². The lowest BCUT2D eigenvalue weighted by atomic mass is 9.94. The van der Waals surface area contributed by atoms with E-state index in [0.29, 0.717) is 19.0 Å². The van der Waals surface area contributed by atoms with Gasteiger partial charge in [-0.05, 0) is 33.2 Å². The molecule has 0 aromatic rings. The van der Waals surface area contributed by atoms with Crippen LogP contribution in [0.3, 0.4) is 0 Å². The Morgan fingerprint density at radius 1 is 1.44 bits per heavy atom. The lowest BCUT2D eigenvalue weighted by molar-refractivity contribution is 0.103. The molecule has 16 heavy (non-hydrogen) atoms. The van der Waals surface area contributed by atoms with Crippen LogP contribution >= 0.6 is 0 Å². The third-order valence-corrected chi connectivity index (χ3v) is 5.02. The van der Waals surface area contributed by atoms with Crippen LogP contribution < -0.4 is 0 Å². The summed E-state index contributed by atoms with van der Waals surface area (Å²) in [4.78, 5) is 2.09. The van der Waals surface area contributed by atoms with Crippen LogP contribution in [-0.2, 0) is 9.84 Å². The molecule has 1 aliphatic rings. The molecule has 0 aliphatic heterocycles. The summed E-state index contributed by atoms with van der Waals surface area (Å²) in [5.41, 5.74) is 0. The first kappa shape index (κ1) is 13.9. The first-order valence-corrected chi connectivity index (χ1v) is 7.83. The van der Waals surface area contributed by atoms with Gasteiger partial charge < -0.3 is 10.0 Å². The Morgan fingerprint density at radius 2 is 2.06 bits per heavy atom. The van der Waals surface area contributed by atoms with Gasteiger partial charge in [0.15, 0.2) is 0 Å². The molecule has 1 rings (SSSR count). The number of hydrogen-bond donors (Lipinski definition) is 1. The highest BCUT2D eigenvalue weighted by Crippen LogP contribution is 2.26. The summed E-state index contributed by atoms with van der Waals surface area (Å²) in [5.74, 6) is 0. The van der Waals surface area contributed by atoms with Crippen molar-refractivity contribution in [1.29, 1.82) is 0 Å². The summed E-state index contributed by atoms with van der Waals surface area (Å²) in [6, 6.07) is 0.295. The second kappa shape index (κ2) is 5.47. The minimum atomic E-state index is -2.91. The fourth-order valence-corrected chi connectivity index (χ4v) is 3.64. The minimum absolute atomic E-state index is 0.192. The molecule has 0 bridgehead atoms. The van der Waals surface area contributed by atoms with Crippen molar-refractivity contribution >= 4 is 9.84 Å². The first-order valence-electron chi connectivity index (χ1n) is 5.88. The van der Waals surface area contributed by atoms with Crippen LogP contribution in [0.1, 0.15) is 32.6 Å². The van der Waals surface area contributed by atoms with E-state index in [0.717, 1.165) is 19.3 Å². The number of aliphatic hydroxyl groups excluding tert-OH is 1. The molecule has 3 unspecified atom stereocenters. The van der Waals surface area contributed by atoms with Crippen LogP contribution in [0.2, 0.25) is 0 Å². The standard InChI is InChI=1S/C11H23NO3S/c1-9(13)8-12(2)10-5-4-6-11(7-10)16(3,14)15/h9-11,13H,4-8H2,1-3H3. The molecule has 1 N–H and O–H groups in total. The first-order chi connectivity index (χ1) is 7.30. The molecule has 0 heterocycles. The molecule has 3 atom stereocenters. The zero-order valence-corrected chi connectivity index (χ0v) is 11.2. The van der Waals surface area contributed by atoms with Crippen LogP contribution in [0.4, 0.5) is 0 Å². The highest BCUT2D eigenvalue weighted by atomic mass is 32.2. The minimum Gasteiger partial charge on any atom is -0.392 e. The molecular weight excluding hydrogens is 226 g/mol. The van der Waals surface area contributed by atoms with Gasteiger partial charge in [0.2, 0.25) is 0 Å². The maximum Gasteiger partial charge on any atom is 0.150 e. The van der Waals surface area contributed by atoms with E-state index >= 15 is 0 Å². The van der Waals surface area contributed by atoms with Gasteiger partial charge in [0.25, 0.3) is 0 Å². The Hall–Kier alpha value is -0.130. The number of likely N-dealkylation sites (N-methyl/N-ethyl adjacent to an activating group) is 1. The van der Waals surface area contributed by atoms with Gasteiger partial charge in [-0.3, -0.25) is 0 Å². The normalized spacial score (nSPS) is 29.3. The predicted octanol–water partition coefficient (Wildman–Crippen LogP) is 0.655. The fraction of sp³-hybridized carbons (Fsp3) is 1.00. The number of aliphatic hydroxyl groups is 1. The van der Waals surface area contributed by atoms with E-state index in [1.165, 1.54) is 6.26 Å². The van der Waals surface area contributed by atoms with Gasteiger partial charge in [-0.1, -0.05) is 6.42 Å². The van der Waals surface area contributed by atoms with Crippen molar-refractivity contribution in [3.05, 3.63) is 0 Å². The predicted molar refractivity (Wildman–Crippen MR) is 65.2 cm³/mol. The molecule has 1 saturated carbocycles. The van der Waals surface area contributed by atoms with Crippen LogP contribution in [-0.4, -0.2) is 55.7 Å². The fourth-order valence-electron chi connectivity index (χ4n) is 2.48. The smallest absolute Gasteiger partial charge is 0.150 e. The number of sulfone groups is 1. The maximum atomic E-state index is 11.5. The van der Waals surface area contributed by atoms with E-state index in [-0.39, 0.29) is 11.4 Å². The van der Waals surface area contributed by atoms with E-state index in [4.69, 9.17) is 0 Å². The third-order valence-electron chi connectivity index (χ3n) is 3.38. The van der Waals surface area contributed by atoms with Crippen LogP contribution in [0.5, 0.6) is 0 Å². The summed E-state index contributed by atoms with van der Waals surface area (Å²) in [5, 5.41) is 9.13. The number of rotatable bonds is 4. The van der Waals surface area contributed by atoms with E-state index < -0.39 is 9.84 Å². The van der Waals surface area contributed by atoms with Gasteiger partial charge >= 0.3 is 0 Å². The molecule has 0 amide bonds. The monoisotopic (exact) mass is 249 g/mol. The highest BCUT2D eigenvalue weighted by Gasteiger charge is 2.30. The van der Waals surface area contributed by atoms with Crippen molar-refractivity contribution in [2.24, 2.45) is 0 Å². The van der Waals surface area contributed by atoms with E-state index in [9.17, 15) is 13.5 Å². The van der Waals surface area contributed by atoms with Crippen molar-refractivity contribution in [3.63, 3.8) is 0 Å². The molecule has 1 fully saturated rings. The largest absolute Gasteiger partial charge is 0.392 e. The van der Waals surface area contributed by atoms with Crippen LogP contribution in [0.25, 0.3) is 0 Å². The average Bonchev–Trinajstić information content (AvgIpc) is 2.15. The van der Waals surface area contributed by atoms with Gasteiger partial charge in [-0.2, -0.15) is 0 Å². The molecule has 1 aliphatic carbocycles. The summed E-state index contributed by atoms with van der Waals surface area (Å²) < 4.78 is 23.0. The molecule has 5 heteroatoms.